The van der Waals surface area contributed by atoms with E-state index >= 15 is 0 Å². The monoisotopic (exact) mass is 524 g/mol. The van der Waals surface area contributed by atoms with Crippen LogP contribution in [0.2, 0.25) is 0 Å². The normalized spacial score (nSPS) is 12.9. The minimum atomic E-state index is -0.459. The van der Waals surface area contributed by atoms with E-state index in [0.29, 0.717) is 0 Å². The summed E-state index contributed by atoms with van der Waals surface area (Å²) < 4.78 is 0. The molecular formula is C28H40N6O2S. The fraction of sp³-hybridized carbons (Fsp3) is 0.429. The van der Waals surface area contributed by atoms with Gasteiger partial charge in [-0.25, -0.2) is 10.9 Å². The Balaban J connectivity index is 1.78. The second-order valence-electron chi connectivity index (χ2n) is 8.42. The first kappa shape index (κ1) is 29.9. The maximum absolute atomic E-state index is 12.4. The van der Waals surface area contributed by atoms with Gasteiger partial charge in [0.15, 0.2) is 0 Å². The maximum atomic E-state index is 12.4. The Bertz CT molecular complexity index is 948. The molecule has 0 aromatic heterocycles. The number of thioether (sulfide) groups is 1. The second kappa shape index (κ2) is 15.7. The third-order valence-electron chi connectivity index (χ3n) is 5.97. The molecule has 0 unspecified atom stereocenters. The number of hydrazone groups is 2. The summed E-state index contributed by atoms with van der Waals surface area (Å²) in [6.45, 7) is 15.8. The Morgan fingerprint density at radius 3 is 1.32 bits per heavy atom. The van der Waals surface area contributed by atoms with Crippen molar-refractivity contribution in [1.29, 1.82) is 0 Å². The van der Waals surface area contributed by atoms with Crippen LogP contribution in [0.4, 0.5) is 11.4 Å². The Morgan fingerprint density at radius 1 is 0.703 bits per heavy atom. The lowest BCUT2D eigenvalue weighted by molar-refractivity contribution is -0.120. The van der Waals surface area contributed by atoms with Crippen molar-refractivity contribution in [2.24, 2.45) is 10.2 Å². The molecule has 9 heteroatoms. The zero-order valence-corrected chi connectivity index (χ0v) is 23.6. The summed E-state index contributed by atoms with van der Waals surface area (Å²) in [6, 6.07) is 16.0. The number of carbonyl (C=O) groups is 2. The number of hydrogen-bond acceptors (Lipinski definition) is 7. The number of anilines is 2. The van der Waals surface area contributed by atoms with Crippen molar-refractivity contribution in [2.75, 3.05) is 36.0 Å². The van der Waals surface area contributed by atoms with Crippen LogP contribution in [0, 0.1) is 0 Å². The predicted molar refractivity (Wildman–Crippen MR) is 158 cm³/mol. The van der Waals surface area contributed by atoms with Gasteiger partial charge in [-0.05, 0) is 76.9 Å². The van der Waals surface area contributed by atoms with Crippen LogP contribution in [-0.2, 0) is 9.59 Å². The molecule has 2 aromatic rings. The van der Waals surface area contributed by atoms with Gasteiger partial charge in [0, 0.05) is 37.6 Å². The molecule has 8 nitrogen and oxygen atoms in total. The molecular weight excluding hydrogens is 484 g/mol. The van der Waals surface area contributed by atoms with Crippen LogP contribution in [0.5, 0.6) is 0 Å². The van der Waals surface area contributed by atoms with Crippen LogP contribution in [0.1, 0.15) is 52.7 Å². The third kappa shape index (κ3) is 9.57. The number of rotatable bonds is 14. The first-order valence-corrected chi connectivity index (χ1v) is 13.8. The van der Waals surface area contributed by atoms with Crippen LogP contribution in [-0.4, -0.2) is 60.9 Å². The summed E-state index contributed by atoms with van der Waals surface area (Å²) in [5.74, 6) is -0.532. The van der Waals surface area contributed by atoms with Gasteiger partial charge in [-0.1, -0.05) is 24.3 Å². The van der Waals surface area contributed by atoms with Crippen molar-refractivity contribution >= 4 is 47.4 Å². The lowest BCUT2D eigenvalue weighted by Crippen LogP contribution is -2.33. The Hall–Kier alpha value is -3.33. The predicted octanol–water partition coefficient (Wildman–Crippen LogP) is 4.49. The highest BCUT2D eigenvalue weighted by Gasteiger charge is 2.21. The molecule has 0 bridgehead atoms. The van der Waals surface area contributed by atoms with Gasteiger partial charge in [-0.15, -0.1) is 11.8 Å². The molecule has 2 rings (SSSR count). The number of benzene rings is 2. The van der Waals surface area contributed by atoms with E-state index in [1.165, 1.54) is 11.8 Å². The largest absolute Gasteiger partial charge is 0.372 e. The van der Waals surface area contributed by atoms with Crippen molar-refractivity contribution in [3.63, 3.8) is 0 Å². The molecule has 0 aliphatic heterocycles. The molecule has 2 atom stereocenters. The summed E-state index contributed by atoms with van der Waals surface area (Å²) in [5.41, 5.74) is 9.20. The SMILES string of the molecule is CCN(CC)c1ccc(/C=N/NC(=O)[C@H](C)S[C@H](C)C(=O)N/N=C/c2ccc(N(CC)CC)cc2)cc1. The Morgan fingerprint density at radius 2 is 1.03 bits per heavy atom. The number of amides is 2. The first-order chi connectivity index (χ1) is 17.8. The van der Waals surface area contributed by atoms with E-state index in [1.54, 1.807) is 26.3 Å². The number of nitrogens with zero attached hydrogens (tertiary/aromatic N) is 4. The van der Waals surface area contributed by atoms with Gasteiger partial charge in [0.2, 0.25) is 0 Å². The average molecular weight is 525 g/mol. The fourth-order valence-electron chi connectivity index (χ4n) is 3.67. The van der Waals surface area contributed by atoms with Crippen LogP contribution in [0.3, 0.4) is 0 Å². The highest BCUT2D eigenvalue weighted by molar-refractivity contribution is 8.01. The van der Waals surface area contributed by atoms with E-state index in [2.05, 4.69) is 58.5 Å². The Labute approximate surface area is 225 Å². The van der Waals surface area contributed by atoms with Gasteiger partial charge < -0.3 is 9.80 Å². The Kier molecular flexibility index (Phi) is 12.7. The standard InChI is InChI=1S/C28H40N6O2S/c1-7-33(8-2)25-15-11-23(12-16-25)19-29-31-27(35)21(5)37-22(6)28(36)32-30-20-24-13-17-26(18-14-24)34(9-3)10-4/h11-22H,7-10H2,1-6H3,(H,31,35)(H,32,36)/b29-19+,30-20+/t21-,22+. The van der Waals surface area contributed by atoms with E-state index < -0.39 is 10.5 Å². The van der Waals surface area contributed by atoms with Crippen LogP contribution in [0.15, 0.2) is 58.7 Å². The molecule has 0 aliphatic carbocycles. The molecule has 0 radical (unpaired) electrons. The molecule has 0 spiro atoms. The summed E-state index contributed by atoms with van der Waals surface area (Å²) >= 11 is 1.25. The van der Waals surface area contributed by atoms with E-state index in [0.717, 1.165) is 48.7 Å². The molecule has 2 N–H and O–H groups in total. The van der Waals surface area contributed by atoms with Crippen molar-refractivity contribution in [1.82, 2.24) is 10.9 Å². The van der Waals surface area contributed by atoms with E-state index in [9.17, 15) is 9.59 Å². The minimum absolute atomic E-state index is 0.266. The number of hydrogen-bond donors (Lipinski definition) is 2. The molecule has 0 aliphatic rings. The molecule has 200 valence electrons. The zero-order chi connectivity index (χ0) is 27.2. The number of carbonyl (C=O) groups excluding carboxylic acids is 2. The average Bonchev–Trinajstić information content (AvgIpc) is 2.91. The van der Waals surface area contributed by atoms with Crippen LogP contribution in [0.25, 0.3) is 0 Å². The van der Waals surface area contributed by atoms with Gasteiger partial charge in [0.05, 0.1) is 22.9 Å². The molecule has 0 saturated carbocycles. The molecule has 0 saturated heterocycles. The summed E-state index contributed by atoms with van der Waals surface area (Å²) in [5, 5.41) is 7.21. The van der Waals surface area contributed by atoms with Gasteiger partial charge in [0.1, 0.15) is 0 Å². The lowest BCUT2D eigenvalue weighted by atomic mass is 10.2. The van der Waals surface area contributed by atoms with Crippen molar-refractivity contribution in [3.05, 3.63) is 59.7 Å². The minimum Gasteiger partial charge on any atom is -0.372 e. The highest BCUT2D eigenvalue weighted by Crippen LogP contribution is 2.18. The molecule has 2 aromatic carbocycles. The maximum Gasteiger partial charge on any atom is 0.252 e. The van der Waals surface area contributed by atoms with Crippen molar-refractivity contribution < 1.29 is 9.59 Å². The van der Waals surface area contributed by atoms with Crippen molar-refractivity contribution in [2.45, 2.75) is 52.0 Å². The van der Waals surface area contributed by atoms with Gasteiger partial charge in [0.25, 0.3) is 11.8 Å². The highest BCUT2D eigenvalue weighted by atomic mass is 32.2. The van der Waals surface area contributed by atoms with Crippen LogP contribution < -0.4 is 20.7 Å². The third-order valence-corrected chi connectivity index (χ3v) is 7.21. The topological polar surface area (TPSA) is 89.4 Å². The van der Waals surface area contributed by atoms with Gasteiger partial charge >= 0.3 is 0 Å². The van der Waals surface area contributed by atoms with E-state index in [-0.39, 0.29) is 11.8 Å². The summed E-state index contributed by atoms with van der Waals surface area (Å²) in [6.07, 6.45) is 3.22. The smallest absolute Gasteiger partial charge is 0.252 e. The molecule has 0 fully saturated rings. The summed E-state index contributed by atoms with van der Waals surface area (Å²) in [4.78, 5) is 29.3. The van der Waals surface area contributed by atoms with Crippen molar-refractivity contribution in [3.8, 4) is 0 Å². The quantitative estimate of drug-likeness (QED) is 0.281. The molecule has 2 amide bonds. The van der Waals surface area contributed by atoms with Gasteiger partial charge in [-0.3, -0.25) is 9.59 Å². The zero-order valence-electron chi connectivity index (χ0n) is 22.8. The molecule has 37 heavy (non-hydrogen) atoms. The molecule has 0 heterocycles. The fourth-order valence-corrected chi connectivity index (χ4v) is 4.64. The lowest BCUT2D eigenvalue weighted by Gasteiger charge is -2.20. The second-order valence-corrected chi connectivity index (χ2v) is 10.1. The van der Waals surface area contributed by atoms with Gasteiger partial charge in [-0.2, -0.15) is 10.2 Å². The first-order valence-electron chi connectivity index (χ1n) is 12.8. The number of nitrogens with one attached hydrogen (secondary N) is 2. The van der Waals surface area contributed by atoms with E-state index in [4.69, 9.17) is 0 Å². The van der Waals surface area contributed by atoms with Crippen LogP contribution >= 0.6 is 11.8 Å². The summed E-state index contributed by atoms with van der Waals surface area (Å²) in [7, 11) is 0. The van der Waals surface area contributed by atoms with E-state index in [1.807, 2.05) is 48.5 Å².